The summed E-state index contributed by atoms with van der Waals surface area (Å²) in [7, 11) is 0. The van der Waals surface area contributed by atoms with Gasteiger partial charge < -0.3 is 4.90 Å². The van der Waals surface area contributed by atoms with Gasteiger partial charge in [-0.05, 0) is 180 Å². The molecule has 0 fully saturated rings. The second-order valence-corrected chi connectivity index (χ2v) is 19.9. The van der Waals surface area contributed by atoms with E-state index < -0.39 is 0 Å². The van der Waals surface area contributed by atoms with Crippen molar-refractivity contribution in [3.63, 3.8) is 0 Å². The van der Waals surface area contributed by atoms with Crippen LogP contribution in [0.5, 0.6) is 0 Å². The number of anilines is 3. The molecule has 332 valence electrons. The van der Waals surface area contributed by atoms with Crippen molar-refractivity contribution in [3.8, 4) is 44.5 Å². The van der Waals surface area contributed by atoms with E-state index >= 15 is 0 Å². The molecular weight excluding hydrogens is 843 g/mol. The standard InChI is InChI=1S/C69H51N/c1-5-17-48(18-6-1)62-43-61(66(51-19-7-2-8-20-51)68-60-30-16-24-50-23-15-29-59(65(50)60)67(62)68)49-36-33-46(34-37-49)31-32-47-35-39-57-58-40-38-56(70(54-25-9-3-10-26-54)55-27-11-4-12-28-55)42-64(58)69(63(57)41-47)44-52-21-13-14-22-53(52)45-69/h1-7,9-17,19,21-43,48H,8,18,20,44-45H2/b32-31+. The van der Waals surface area contributed by atoms with Crippen LogP contribution in [0, 0.1) is 0 Å². The molecule has 1 nitrogen and oxygen atoms in total. The van der Waals surface area contributed by atoms with Crippen molar-refractivity contribution in [2.24, 2.45) is 0 Å². The lowest BCUT2D eigenvalue weighted by atomic mass is 9.75. The highest BCUT2D eigenvalue weighted by atomic mass is 15.1. The number of hydrogen-bond donors (Lipinski definition) is 0. The molecule has 5 aliphatic rings. The van der Waals surface area contributed by atoms with E-state index in [9.17, 15) is 0 Å². The van der Waals surface area contributed by atoms with Crippen LogP contribution in [-0.2, 0) is 18.3 Å². The molecule has 0 N–H and O–H groups in total. The van der Waals surface area contributed by atoms with E-state index in [0.717, 1.165) is 43.5 Å². The first-order valence-corrected chi connectivity index (χ1v) is 25.2. The maximum absolute atomic E-state index is 2.56. The summed E-state index contributed by atoms with van der Waals surface area (Å²) in [6.07, 6.45) is 25.8. The van der Waals surface area contributed by atoms with E-state index in [-0.39, 0.29) is 5.41 Å². The van der Waals surface area contributed by atoms with Gasteiger partial charge in [-0.15, -0.1) is 0 Å². The van der Waals surface area contributed by atoms with Crippen molar-refractivity contribution in [3.05, 3.63) is 275 Å². The van der Waals surface area contributed by atoms with Crippen LogP contribution < -0.4 is 4.90 Å². The molecule has 9 aromatic rings. The fourth-order valence-corrected chi connectivity index (χ4v) is 12.8. The van der Waals surface area contributed by atoms with Crippen molar-refractivity contribution in [1.29, 1.82) is 0 Å². The highest BCUT2D eigenvalue weighted by Gasteiger charge is 2.47. The average Bonchev–Trinajstić information content (AvgIpc) is 4.07. The number of benzene rings is 9. The largest absolute Gasteiger partial charge is 0.310 e. The quantitative estimate of drug-likeness (QED) is 0.137. The fraction of sp³-hybridized carbons (Fsp3) is 0.101. The van der Waals surface area contributed by atoms with Gasteiger partial charge in [0.25, 0.3) is 0 Å². The van der Waals surface area contributed by atoms with Crippen molar-refractivity contribution in [2.45, 2.75) is 43.4 Å². The van der Waals surface area contributed by atoms with Crippen molar-refractivity contribution < 1.29 is 0 Å². The smallest absolute Gasteiger partial charge is 0.0465 e. The third kappa shape index (κ3) is 6.52. The zero-order valence-corrected chi connectivity index (χ0v) is 39.2. The van der Waals surface area contributed by atoms with Crippen LogP contribution in [0.15, 0.2) is 231 Å². The van der Waals surface area contributed by atoms with Crippen LogP contribution in [-0.4, -0.2) is 0 Å². The third-order valence-corrected chi connectivity index (χ3v) is 16.0. The van der Waals surface area contributed by atoms with E-state index in [1.807, 2.05) is 0 Å². The van der Waals surface area contributed by atoms with Gasteiger partial charge in [-0.1, -0.05) is 200 Å². The maximum atomic E-state index is 2.56. The summed E-state index contributed by atoms with van der Waals surface area (Å²) in [5.74, 6) is 0.316. The first kappa shape index (κ1) is 40.8. The molecule has 0 radical (unpaired) electrons. The average molecular weight is 894 g/mol. The number of nitrogens with zero attached hydrogens (tertiary/aromatic N) is 1. The van der Waals surface area contributed by atoms with Crippen molar-refractivity contribution in [2.75, 3.05) is 4.90 Å². The zero-order valence-electron chi connectivity index (χ0n) is 39.2. The Hall–Kier alpha value is -8.26. The topological polar surface area (TPSA) is 3.24 Å². The number of allylic oxidation sites excluding steroid dienone is 8. The Balaban J connectivity index is 0.845. The van der Waals surface area contributed by atoms with Gasteiger partial charge in [-0.2, -0.15) is 0 Å². The minimum atomic E-state index is -0.151. The van der Waals surface area contributed by atoms with Gasteiger partial charge in [0, 0.05) is 28.4 Å². The van der Waals surface area contributed by atoms with Gasteiger partial charge in [0.1, 0.15) is 0 Å². The number of fused-ring (bicyclic) bond motifs is 9. The van der Waals surface area contributed by atoms with E-state index in [1.165, 1.54) is 111 Å². The predicted molar refractivity (Wildman–Crippen MR) is 296 cm³/mol. The van der Waals surface area contributed by atoms with Gasteiger partial charge in [0.2, 0.25) is 0 Å². The van der Waals surface area contributed by atoms with Crippen molar-refractivity contribution >= 4 is 45.6 Å². The normalized spacial score (nSPS) is 16.4. The summed E-state index contributed by atoms with van der Waals surface area (Å²) in [6.45, 7) is 0. The van der Waals surface area contributed by atoms with Crippen LogP contribution >= 0.6 is 0 Å². The van der Waals surface area contributed by atoms with Gasteiger partial charge in [0.05, 0.1) is 0 Å². The Morgan fingerprint density at radius 1 is 0.471 bits per heavy atom. The Labute approximate surface area is 411 Å². The summed E-state index contributed by atoms with van der Waals surface area (Å²) in [4.78, 5) is 2.40. The molecule has 9 aromatic carbocycles. The van der Waals surface area contributed by atoms with E-state index in [0.29, 0.717) is 5.92 Å². The van der Waals surface area contributed by atoms with Crippen molar-refractivity contribution in [1.82, 2.24) is 0 Å². The Morgan fingerprint density at radius 3 is 1.81 bits per heavy atom. The first-order valence-electron chi connectivity index (χ1n) is 25.2. The lowest BCUT2D eigenvalue weighted by Gasteiger charge is -2.30. The lowest BCUT2D eigenvalue weighted by molar-refractivity contribution is 0.563. The monoisotopic (exact) mass is 893 g/mol. The molecule has 0 saturated carbocycles. The Bertz CT molecular complexity index is 3660. The highest BCUT2D eigenvalue weighted by molar-refractivity contribution is 6.19. The third-order valence-electron chi connectivity index (χ3n) is 16.0. The Kier molecular flexibility index (Phi) is 9.59. The molecule has 1 heteroatoms. The molecule has 0 aromatic heterocycles. The minimum Gasteiger partial charge on any atom is -0.310 e. The van der Waals surface area contributed by atoms with E-state index in [4.69, 9.17) is 0 Å². The fourth-order valence-electron chi connectivity index (χ4n) is 12.8. The van der Waals surface area contributed by atoms with Gasteiger partial charge in [-0.25, -0.2) is 0 Å². The molecule has 1 unspecified atom stereocenters. The second kappa shape index (κ2) is 16.5. The number of para-hydroxylation sites is 2. The zero-order chi connectivity index (χ0) is 46.2. The SMILES string of the molecule is C1=CCCC(c2c(-c3ccc(/C=C/c4ccc5c(c4)C4(Cc6ccccc6C4)c4cc(N(c6ccccc6)c6ccccc6)ccc4-5)cc3)cc(C3C=CC=CC3)c3c2-c2cccc4cccc-3c24)=C1. The van der Waals surface area contributed by atoms with Gasteiger partial charge in [-0.3, -0.25) is 0 Å². The molecule has 0 amide bonds. The molecule has 1 spiro atoms. The maximum Gasteiger partial charge on any atom is 0.0465 e. The van der Waals surface area contributed by atoms with Gasteiger partial charge >= 0.3 is 0 Å². The highest BCUT2D eigenvalue weighted by Crippen LogP contribution is 2.58. The minimum absolute atomic E-state index is 0.151. The molecule has 5 aliphatic carbocycles. The first-order chi connectivity index (χ1) is 34.7. The number of rotatable bonds is 8. The summed E-state index contributed by atoms with van der Waals surface area (Å²) in [5, 5.41) is 2.71. The summed E-state index contributed by atoms with van der Waals surface area (Å²) in [5.41, 5.74) is 26.7. The van der Waals surface area contributed by atoms with Crippen LogP contribution in [0.2, 0.25) is 0 Å². The summed E-state index contributed by atoms with van der Waals surface area (Å²) < 4.78 is 0. The molecule has 0 bridgehead atoms. The summed E-state index contributed by atoms with van der Waals surface area (Å²) in [6, 6.07) is 70.8. The summed E-state index contributed by atoms with van der Waals surface area (Å²) >= 11 is 0. The molecule has 14 rings (SSSR count). The second-order valence-electron chi connectivity index (χ2n) is 19.9. The lowest BCUT2D eigenvalue weighted by Crippen LogP contribution is -2.26. The van der Waals surface area contributed by atoms with Crippen LogP contribution in [0.1, 0.15) is 69.7 Å². The van der Waals surface area contributed by atoms with E-state index in [1.54, 1.807) is 0 Å². The van der Waals surface area contributed by atoms with Gasteiger partial charge in [0.15, 0.2) is 0 Å². The predicted octanol–water partition coefficient (Wildman–Crippen LogP) is 18.2. The molecular formula is C69H51N. The van der Waals surface area contributed by atoms with Crippen LogP contribution in [0.3, 0.4) is 0 Å². The molecule has 0 aliphatic heterocycles. The molecule has 0 heterocycles. The van der Waals surface area contributed by atoms with Crippen LogP contribution in [0.25, 0.3) is 73.0 Å². The Morgan fingerprint density at radius 2 is 1.13 bits per heavy atom. The number of hydrogen-bond acceptors (Lipinski definition) is 1. The molecule has 0 saturated heterocycles. The molecule has 70 heavy (non-hydrogen) atoms. The van der Waals surface area contributed by atoms with Crippen LogP contribution in [0.4, 0.5) is 17.1 Å². The molecule has 1 atom stereocenters. The van der Waals surface area contributed by atoms with E-state index in [2.05, 4.69) is 248 Å².